The van der Waals surface area contributed by atoms with Crippen LogP contribution in [-0.4, -0.2) is 41.6 Å². The van der Waals surface area contributed by atoms with Crippen molar-refractivity contribution in [1.82, 2.24) is 4.90 Å². The minimum Gasteiger partial charge on any atom is -0.395 e. The van der Waals surface area contributed by atoms with Gasteiger partial charge in [0.15, 0.2) is 0 Å². The van der Waals surface area contributed by atoms with Gasteiger partial charge in [0.1, 0.15) is 0 Å². The molecule has 0 bridgehead atoms. The van der Waals surface area contributed by atoms with Gasteiger partial charge in [0, 0.05) is 19.0 Å². The van der Waals surface area contributed by atoms with Gasteiger partial charge in [0.25, 0.3) is 0 Å². The Labute approximate surface area is 93.0 Å². The molecule has 0 aliphatic heterocycles. The van der Waals surface area contributed by atoms with E-state index in [4.69, 9.17) is 16.2 Å². The molecule has 0 aliphatic carbocycles. The highest BCUT2D eigenvalue weighted by Crippen LogP contribution is 2.09. The van der Waals surface area contributed by atoms with Crippen molar-refractivity contribution in [3.05, 3.63) is 0 Å². The summed E-state index contributed by atoms with van der Waals surface area (Å²) in [6, 6.07) is 0.545. The number of nitrogens with two attached hydrogens (primary N) is 1. The number of aliphatic hydroxyl groups is 1. The Kier molecular flexibility index (Phi) is 8.33. The van der Waals surface area contributed by atoms with Crippen LogP contribution in [0.2, 0.25) is 0 Å². The molecule has 0 atom stereocenters. The molecular formula is C11H25N3O. The molecule has 0 spiro atoms. The Morgan fingerprint density at radius 3 is 2.33 bits per heavy atom. The van der Waals surface area contributed by atoms with E-state index < -0.39 is 0 Å². The largest absolute Gasteiger partial charge is 0.395 e. The summed E-state index contributed by atoms with van der Waals surface area (Å²) < 4.78 is 0. The summed E-state index contributed by atoms with van der Waals surface area (Å²) in [6.07, 6.45) is 3.78. The van der Waals surface area contributed by atoms with Crippen molar-refractivity contribution in [2.24, 2.45) is 5.73 Å². The van der Waals surface area contributed by atoms with Crippen LogP contribution in [0.1, 0.15) is 39.5 Å². The van der Waals surface area contributed by atoms with E-state index in [1.165, 1.54) is 0 Å². The number of nitrogens with one attached hydrogen (secondary N) is 1. The number of amidine groups is 1. The molecule has 0 radical (unpaired) electrons. The lowest BCUT2D eigenvalue weighted by Gasteiger charge is -2.29. The number of rotatable bonds is 9. The molecular weight excluding hydrogens is 190 g/mol. The fraction of sp³-hybridized carbons (Fsp3) is 0.909. The number of aliphatic hydroxyl groups excluding tert-OH is 1. The molecule has 0 saturated heterocycles. The smallest absolute Gasteiger partial charge is 0.0905 e. The average Bonchev–Trinajstić information content (AvgIpc) is 2.19. The molecule has 90 valence electrons. The molecule has 0 heterocycles. The summed E-state index contributed by atoms with van der Waals surface area (Å²) in [4.78, 5) is 2.29. The van der Waals surface area contributed by atoms with Crippen molar-refractivity contribution in [2.45, 2.75) is 45.6 Å². The average molecular weight is 215 g/mol. The van der Waals surface area contributed by atoms with Gasteiger partial charge in [-0.3, -0.25) is 10.3 Å². The van der Waals surface area contributed by atoms with Crippen LogP contribution < -0.4 is 5.73 Å². The van der Waals surface area contributed by atoms with E-state index in [0.29, 0.717) is 12.5 Å². The lowest BCUT2D eigenvalue weighted by atomic mass is 10.1. The van der Waals surface area contributed by atoms with E-state index in [9.17, 15) is 0 Å². The van der Waals surface area contributed by atoms with Crippen LogP contribution >= 0.6 is 0 Å². The summed E-state index contributed by atoms with van der Waals surface area (Å²) in [5.74, 6) is 0.253. The second-order valence-corrected chi connectivity index (χ2v) is 3.86. The molecule has 4 N–H and O–H groups in total. The van der Waals surface area contributed by atoms with Crippen molar-refractivity contribution < 1.29 is 5.11 Å². The lowest BCUT2D eigenvalue weighted by Crippen LogP contribution is -2.37. The molecule has 0 aromatic rings. The van der Waals surface area contributed by atoms with Gasteiger partial charge >= 0.3 is 0 Å². The molecule has 4 heteroatoms. The first-order valence-corrected chi connectivity index (χ1v) is 5.83. The molecule has 0 fully saturated rings. The van der Waals surface area contributed by atoms with E-state index in [2.05, 4.69) is 18.7 Å². The van der Waals surface area contributed by atoms with Crippen molar-refractivity contribution in [3.8, 4) is 0 Å². The Bertz CT molecular complexity index is 169. The summed E-state index contributed by atoms with van der Waals surface area (Å²) in [6.45, 7) is 6.19. The monoisotopic (exact) mass is 215 g/mol. The zero-order chi connectivity index (χ0) is 11.7. The highest BCUT2D eigenvalue weighted by molar-refractivity contribution is 5.76. The molecule has 0 saturated carbocycles. The van der Waals surface area contributed by atoms with Crippen molar-refractivity contribution >= 4 is 5.84 Å². The van der Waals surface area contributed by atoms with Gasteiger partial charge in [-0.15, -0.1) is 0 Å². The Hall–Kier alpha value is -0.610. The zero-order valence-electron chi connectivity index (χ0n) is 10.00. The topological polar surface area (TPSA) is 73.3 Å². The van der Waals surface area contributed by atoms with Crippen LogP contribution in [0.4, 0.5) is 0 Å². The molecule has 15 heavy (non-hydrogen) atoms. The third-order valence-corrected chi connectivity index (χ3v) is 2.74. The van der Waals surface area contributed by atoms with E-state index in [1.807, 2.05) is 0 Å². The highest BCUT2D eigenvalue weighted by Gasteiger charge is 2.13. The Morgan fingerprint density at radius 2 is 1.93 bits per heavy atom. The second-order valence-electron chi connectivity index (χ2n) is 3.86. The standard InChI is InChI=1S/C11H25N3O/c1-3-10(4-2)14(8-9-15)7-5-6-11(12)13/h10,15H,3-9H2,1-2H3,(H3,12,13). The van der Waals surface area contributed by atoms with Gasteiger partial charge in [-0.05, 0) is 25.8 Å². The van der Waals surface area contributed by atoms with Crippen LogP contribution in [0.3, 0.4) is 0 Å². The molecule has 0 aliphatic rings. The summed E-state index contributed by atoms with van der Waals surface area (Å²) >= 11 is 0. The fourth-order valence-electron chi connectivity index (χ4n) is 1.88. The Balaban J connectivity index is 3.96. The molecule has 0 unspecified atom stereocenters. The SMILES string of the molecule is CCC(CC)N(CCO)CCCC(=N)N. The molecule has 0 amide bonds. The summed E-state index contributed by atoms with van der Waals surface area (Å²) in [7, 11) is 0. The van der Waals surface area contributed by atoms with Gasteiger partial charge in [-0.2, -0.15) is 0 Å². The third-order valence-electron chi connectivity index (χ3n) is 2.74. The van der Waals surface area contributed by atoms with Crippen LogP contribution in [0.25, 0.3) is 0 Å². The first kappa shape index (κ1) is 14.4. The number of nitrogens with zero attached hydrogens (tertiary/aromatic N) is 1. The molecule has 0 rings (SSSR count). The van der Waals surface area contributed by atoms with Gasteiger partial charge in [-0.25, -0.2) is 0 Å². The van der Waals surface area contributed by atoms with Gasteiger partial charge < -0.3 is 10.8 Å². The van der Waals surface area contributed by atoms with Crippen molar-refractivity contribution in [1.29, 1.82) is 5.41 Å². The number of hydrogen-bond donors (Lipinski definition) is 3. The minimum atomic E-state index is 0.205. The predicted octanol–water partition coefficient (Wildman–Crippen LogP) is 1.19. The van der Waals surface area contributed by atoms with E-state index in [0.717, 1.165) is 32.4 Å². The normalized spacial score (nSPS) is 11.3. The maximum absolute atomic E-state index is 8.98. The van der Waals surface area contributed by atoms with Gasteiger partial charge in [0.05, 0.1) is 12.4 Å². The lowest BCUT2D eigenvalue weighted by molar-refractivity contribution is 0.143. The Morgan fingerprint density at radius 1 is 1.33 bits per heavy atom. The highest BCUT2D eigenvalue weighted by atomic mass is 16.3. The van der Waals surface area contributed by atoms with Gasteiger partial charge in [0.2, 0.25) is 0 Å². The number of hydrogen-bond acceptors (Lipinski definition) is 3. The molecule has 4 nitrogen and oxygen atoms in total. The van der Waals surface area contributed by atoms with E-state index >= 15 is 0 Å². The van der Waals surface area contributed by atoms with Gasteiger partial charge in [-0.1, -0.05) is 13.8 Å². The quantitative estimate of drug-likeness (QED) is 0.399. The van der Waals surface area contributed by atoms with Crippen LogP contribution in [-0.2, 0) is 0 Å². The van der Waals surface area contributed by atoms with Crippen LogP contribution in [0.5, 0.6) is 0 Å². The fourth-order valence-corrected chi connectivity index (χ4v) is 1.88. The maximum atomic E-state index is 8.98. The first-order valence-electron chi connectivity index (χ1n) is 5.83. The minimum absolute atomic E-state index is 0.205. The zero-order valence-corrected chi connectivity index (χ0v) is 10.00. The maximum Gasteiger partial charge on any atom is 0.0905 e. The van der Waals surface area contributed by atoms with Crippen LogP contribution in [0, 0.1) is 5.41 Å². The van der Waals surface area contributed by atoms with Crippen molar-refractivity contribution in [2.75, 3.05) is 19.7 Å². The summed E-state index contributed by atoms with van der Waals surface area (Å²) in [5.41, 5.74) is 5.31. The molecule has 0 aromatic heterocycles. The first-order chi connectivity index (χ1) is 7.15. The summed E-state index contributed by atoms with van der Waals surface area (Å²) in [5, 5.41) is 16.1. The predicted molar refractivity (Wildman–Crippen MR) is 64.2 cm³/mol. The van der Waals surface area contributed by atoms with E-state index in [-0.39, 0.29) is 12.4 Å². The van der Waals surface area contributed by atoms with Crippen LogP contribution in [0.15, 0.2) is 0 Å². The molecule has 0 aromatic carbocycles. The third kappa shape index (κ3) is 6.47. The van der Waals surface area contributed by atoms with Crippen molar-refractivity contribution in [3.63, 3.8) is 0 Å². The van der Waals surface area contributed by atoms with E-state index in [1.54, 1.807) is 0 Å². The second kappa shape index (κ2) is 8.68.